The van der Waals surface area contributed by atoms with Gasteiger partial charge < -0.3 is 4.74 Å². The van der Waals surface area contributed by atoms with Gasteiger partial charge in [0.15, 0.2) is 12.4 Å². The monoisotopic (exact) mass is 357 g/mol. The van der Waals surface area contributed by atoms with Crippen molar-refractivity contribution in [1.29, 1.82) is 0 Å². The largest absolute Gasteiger partial charge is 0.457 e. The predicted molar refractivity (Wildman–Crippen MR) is 98.1 cm³/mol. The second-order valence-corrected chi connectivity index (χ2v) is 7.64. The zero-order chi connectivity index (χ0) is 17.6. The Morgan fingerprint density at radius 1 is 1.16 bits per heavy atom. The van der Waals surface area contributed by atoms with Crippen molar-refractivity contribution < 1.29 is 14.3 Å². The van der Waals surface area contributed by atoms with Crippen LogP contribution >= 0.6 is 11.3 Å². The molecule has 0 radical (unpaired) electrons. The molecule has 1 aromatic heterocycles. The first-order valence-corrected chi connectivity index (χ1v) is 9.69. The van der Waals surface area contributed by atoms with Crippen molar-refractivity contribution in [3.05, 3.63) is 51.5 Å². The van der Waals surface area contributed by atoms with Crippen LogP contribution in [0.2, 0.25) is 0 Å². The van der Waals surface area contributed by atoms with Gasteiger partial charge in [-0.2, -0.15) is 0 Å². The average molecular weight is 357 g/mol. The SMILES string of the molecule is Cc1nc(CC(=O)OCC(=O)c2ccc(C3CCCCC3)cc2)cs1. The van der Waals surface area contributed by atoms with E-state index in [1.807, 2.05) is 36.6 Å². The maximum absolute atomic E-state index is 12.2. The number of ether oxygens (including phenoxy) is 1. The number of nitrogens with zero attached hydrogens (tertiary/aromatic N) is 1. The second kappa shape index (κ2) is 8.39. The molecule has 0 N–H and O–H groups in total. The Morgan fingerprint density at radius 3 is 2.52 bits per heavy atom. The number of benzene rings is 1. The average Bonchev–Trinajstić information content (AvgIpc) is 3.05. The van der Waals surface area contributed by atoms with E-state index in [0.717, 1.165) is 5.01 Å². The highest BCUT2D eigenvalue weighted by atomic mass is 32.1. The van der Waals surface area contributed by atoms with Crippen LogP contribution in [0.3, 0.4) is 0 Å². The summed E-state index contributed by atoms with van der Waals surface area (Å²) in [6, 6.07) is 7.79. The molecule has 1 aliphatic carbocycles. The third-order valence-corrected chi connectivity index (χ3v) is 5.49. The van der Waals surface area contributed by atoms with Crippen LogP contribution in [0.1, 0.15) is 64.6 Å². The van der Waals surface area contributed by atoms with Gasteiger partial charge in [-0.05, 0) is 31.2 Å². The van der Waals surface area contributed by atoms with E-state index in [-0.39, 0.29) is 18.8 Å². The van der Waals surface area contributed by atoms with E-state index in [0.29, 0.717) is 17.2 Å². The lowest BCUT2D eigenvalue weighted by atomic mass is 9.84. The van der Waals surface area contributed by atoms with Gasteiger partial charge in [0.05, 0.1) is 17.1 Å². The quantitative estimate of drug-likeness (QED) is 0.565. The number of aromatic nitrogens is 1. The van der Waals surface area contributed by atoms with Crippen LogP contribution in [0, 0.1) is 6.92 Å². The molecule has 1 saturated carbocycles. The van der Waals surface area contributed by atoms with E-state index < -0.39 is 5.97 Å². The summed E-state index contributed by atoms with van der Waals surface area (Å²) in [4.78, 5) is 28.2. The molecule has 0 unspecified atom stereocenters. The molecule has 4 nitrogen and oxygen atoms in total. The molecular weight excluding hydrogens is 334 g/mol. The van der Waals surface area contributed by atoms with Crippen molar-refractivity contribution in [2.45, 2.75) is 51.4 Å². The van der Waals surface area contributed by atoms with Crippen molar-refractivity contribution in [1.82, 2.24) is 4.98 Å². The van der Waals surface area contributed by atoms with Gasteiger partial charge in [0.2, 0.25) is 0 Å². The number of hydrogen-bond donors (Lipinski definition) is 0. The van der Waals surface area contributed by atoms with Crippen LogP contribution in [0.25, 0.3) is 0 Å². The van der Waals surface area contributed by atoms with Crippen LogP contribution < -0.4 is 0 Å². The number of esters is 1. The minimum absolute atomic E-state index is 0.109. The molecule has 0 spiro atoms. The van der Waals surface area contributed by atoms with Crippen molar-refractivity contribution >= 4 is 23.1 Å². The van der Waals surface area contributed by atoms with E-state index in [2.05, 4.69) is 4.98 Å². The lowest BCUT2D eigenvalue weighted by molar-refractivity contribution is -0.141. The summed E-state index contributed by atoms with van der Waals surface area (Å²) in [7, 11) is 0. The minimum atomic E-state index is -0.419. The Hall–Kier alpha value is -2.01. The van der Waals surface area contributed by atoms with Gasteiger partial charge in [-0.15, -0.1) is 11.3 Å². The maximum Gasteiger partial charge on any atom is 0.312 e. The zero-order valence-electron chi connectivity index (χ0n) is 14.5. The minimum Gasteiger partial charge on any atom is -0.457 e. The summed E-state index contributed by atoms with van der Waals surface area (Å²) in [6.45, 7) is 1.67. The van der Waals surface area contributed by atoms with Crippen molar-refractivity contribution in [2.24, 2.45) is 0 Å². The molecule has 25 heavy (non-hydrogen) atoms. The number of Topliss-reactive ketones (excluding diaryl/α,β-unsaturated/α-hetero) is 1. The van der Waals surface area contributed by atoms with Crippen molar-refractivity contribution in [3.8, 4) is 0 Å². The third-order valence-electron chi connectivity index (χ3n) is 4.67. The molecule has 2 aromatic rings. The highest BCUT2D eigenvalue weighted by Gasteiger charge is 2.16. The number of thiazole rings is 1. The molecule has 0 saturated heterocycles. The molecule has 0 atom stereocenters. The summed E-state index contributed by atoms with van der Waals surface area (Å²) in [5, 5.41) is 2.75. The highest BCUT2D eigenvalue weighted by Crippen LogP contribution is 2.32. The molecule has 5 heteroatoms. The number of carbonyl (C=O) groups excluding carboxylic acids is 2. The van der Waals surface area contributed by atoms with E-state index in [9.17, 15) is 9.59 Å². The first-order valence-electron chi connectivity index (χ1n) is 8.81. The van der Waals surface area contributed by atoms with E-state index in [4.69, 9.17) is 4.74 Å². The molecule has 0 bridgehead atoms. The van der Waals surface area contributed by atoms with Gasteiger partial charge in [-0.3, -0.25) is 9.59 Å². The molecule has 1 heterocycles. The summed E-state index contributed by atoms with van der Waals surface area (Å²) >= 11 is 1.49. The standard InChI is InChI=1S/C20H23NO3S/c1-14-21-18(13-25-14)11-20(23)24-12-19(22)17-9-7-16(8-10-17)15-5-3-2-4-6-15/h7-10,13,15H,2-6,11-12H2,1H3. The molecule has 132 valence electrons. The van der Waals surface area contributed by atoms with E-state index >= 15 is 0 Å². The molecule has 0 amide bonds. The number of rotatable bonds is 6. The van der Waals surface area contributed by atoms with Crippen LogP contribution in [-0.2, 0) is 16.0 Å². The Bertz CT molecular complexity index is 730. The summed E-state index contributed by atoms with van der Waals surface area (Å²) in [6.07, 6.45) is 6.50. The fourth-order valence-electron chi connectivity index (χ4n) is 3.29. The first kappa shape index (κ1) is 17.8. The number of aryl methyl sites for hydroxylation is 1. The summed E-state index contributed by atoms with van der Waals surface area (Å²) in [5.74, 6) is 0.0350. The Morgan fingerprint density at radius 2 is 1.88 bits per heavy atom. The van der Waals surface area contributed by atoms with Gasteiger partial charge in [0.25, 0.3) is 0 Å². The van der Waals surface area contributed by atoms with Gasteiger partial charge in [-0.25, -0.2) is 4.98 Å². The van der Waals surface area contributed by atoms with E-state index in [1.54, 1.807) is 0 Å². The van der Waals surface area contributed by atoms with Crippen LogP contribution in [0.15, 0.2) is 29.6 Å². The number of hydrogen-bond acceptors (Lipinski definition) is 5. The number of carbonyl (C=O) groups is 2. The molecule has 1 fully saturated rings. The van der Waals surface area contributed by atoms with Gasteiger partial charge >= 0.3 is 5.97 Å². The third kappa shape index (κ3) is 4.98. The van der Waals surface area contributed by atoms with Crippen LogP contribution in [0.4, 0.5) is 0 Å². The topological polar surface area (TPSA) is 56.3 Å². The Labute approximate surface area is 152 Å². The van der Waals surface area contributed by atoms with Gasteiger partial charge in [0.1, 0.15) is 0 Å². The Balaban J connectivity index is 1.49. The predicted octanol–water partition coefficient (Wildman–Crippen LogP) is 4.47. The van der Waals surface area contributed by atoms with Crippen molar-refractivity contribution in [3.63, 3.8) is 0 Å². The normalized spacial score (nSPS) is 15.1. The summed E-state index contributed by atoms with van der Waals surface area (Å²) < 4.78 is 5.09. The lowest BCUT2D eigenvalue weighted by Crippen LogP contribution is -2.16. The van der Waals surface area contributed by atoms with Crippen LogP contribution in [0.5, 0.6) is 0 Å². The zero-order valence-corrected chi connectivity index (χ0v) is 15.3. The van der Waals surface area contributed by atoms with E-state index in [1.165, 1.54) is 49.0 Å². The molecule has 0 aliphatic heterocycles. The molecular formula is C20H23NO3S. The van der Waals surface area contributed by atoms with Gasteiger partial charge in [-0.1, -0.05) is 43.5 Å². The van der Waals surface area contributed by atoms with Crippen molar-refractivity contribution in [2.75, 3.05) is 6.61 Å². The fraction of sp³-hybridized carbons (Fsp3) is 0.450. The molecule has 1 aliphatic rings. The first-order chi connectivity index (χ1) is 12.1. The highest BCUT2D eigenvalue weighted by molar-refractivity contribution is 7.09. The smallest absolute Gasteiger partial charge is 0.312 e. The molecule has 1 aromatic carbocycles. The lowest BCUT2D eigenvalue weighted by Gasteiger charge is -2.22. The number of ketones is 1. The molecule has 3 rings (SSSR count). The second-order valence-electron chi connectivity index (χ2n) is 6.58. The van der Waals surface area contributed by atoms with Crippen LogP contribution in [-0.4, -0.2) is 23.3 Å². The summed E-state index contributed by atoms with van der Waals surface area (Å²) in [5.41, 5.74) is 2.60. The maximum atomic E-state index is 12.2. The Kier molecular flexibility index (Phi) is 5.97. The fourth-order valence-corrected chi connectivity index (χ4v) is 3.91. The van der Waals surface area contributed by atoms with Gasteiger partial charge in [0, 0.05) is 10.9 Å².